The van der Waals surface area contributed by atoms with E-state index in [1.54, 1.807) is 37.5 Å². The van der Waals surface area contributed by atoms with E-state index < -0.39 is 5.91 Å². The third kappa shape index (κ3) is 4.70. The zero-order valence-electron chi connectivity index (χ0n) is 17.6. The van der Waals surface area contributed by atoms with Crippen LogP contribution in [0.1, 0.15) is 21.5 Å². The van der Waals surface area contributed by atoms with Gasteiger partial charge in [0.15, 0.2) is 0 Å². The van der Waals surface area contributed by atoms with Gasteiger partial charge in [0, 0.05) is 40.3 Å². The first-order valence-electron chi connectivity index (χ1n) is 10.2. The van der Waals surface area contributed by atoms with Gasteiger partial charge in [0.1, 0.15) is 11.4 Å². The second-order valence-corrected chi connectivity index (χ2v) is 7.16. The molecule has 4 aromatic rings. The highest BCUT2D eigenvalue weighted by Crippen LogP contribution is 2.21. The lowest BCUT2D eigenvalue weighted by Crippen LogP contribution is -2.34. The van der Waals surface area contributed by atoms with Gasteiger partial charge in [0.2, 0.25) is 0 Å². The first-order valence-corrected chi connectivity index (χ1v) is 10.2. The molecule has 0 saturated heterocycles. The number of nitrogens with one attached hydrogen (secondary N) is 3. The van der Waals surface area contributed by atoms with Crippen molar-refractivity contribution in [3.63, 3.8) is 0 Å². The van der Waals surface area contributed by atoms with E-state index >= 15 is 0 Å². The molecule has 0 aliphatic rings. The van der Waals surface area contributed by atoms with E-state index in [1.165, 1.54) is 0 Å². The number of fused-ring (bicyclic) bond motifs is 1. The first-order chi connectivity index (χ1) is 15.7. The molecule has 0 aliphatic heterocycles. The molecule has 160 valence electrons. The number of aromatic nitrogens is 1. The Bertz CT molecular complexity index is 1280. The molecule has 32 heavy (non-hydrogen) atoms. The normalized spacial score (nSPS) is 11.2. The molecule has 0 spiro atoms. The van der Waals surface area contributed by atoms with E-state index in [4.69, 9.17) is 4.74 Å². The molecule has 0 atom stereocenters. The number of ether oxygens (including phenoxy) is 1. The lowest BCUT2D eigenvalue weighted by Gasteiger charge is -2.13. The Morgan fingerprint density at radius 2 is 1.66 bits per heavy atom. The number of amides is 2. The zero-order chi connectivity index (χ0) is 22.3. The topological polar surface area (TPSA) is 83.2 Å². The highest BCUT2D eigenvalue weighted by atomic mass is 16.5. The van der Waals surface area contributed by atoms with Crippen LogP contribution >= 0.6 is 0 Å². The van der Waals surface area contributed by atoms with Crippen molar-refractivity contribution in [2.75, 3.05) is 7.11 Å². The Kier molecular flexibility index (Phi) is 6.32. The van der Waals surface area contributed by atoms with E-state index in [0.717, 1.165) is 22.0 Å². The number of para-hydroxylation sites is 2. The van der Waals surface area contributed by atoms with Crippen molar-refractivity contribution in [3.8, 4) is 5.75 Å². The fourth-order valence-corrected chi connectivity index (χ4v) is 3.43. The van der Waals surface area contributed by atoms with E-state index in [0.29, 0.717) is 11.3 Å². The maximum Gasteiger partial charge on any atom is 0.268 e. The number of aromatic amines is 1. The molecule has 0 aliphatic carbocycles. The molecule has 4 rings (SSSR count). The number of carbonyl (C=O) groups excluding carboxylic acids is 2. The van der Waals surface area contributed by atoms with Crippen LogP contribution < -0.4 is 15.4 Å². The molecule has 0 radical (unpaired) electrons. The molecule has 3 aromatic carbocycles. The average molecular weight is 425 g/mol. The predicted octanol–water partition coefficient (Wildman–Crippen LogP) is 4.26. The second-order valence-electron chi connectivity index (χ2n) is 7.16. The van der Waals surface area contributed by atoms with Gasteiger partial charge in [0.25, 0.3) is 11.8 Å². The number of rotatable bonds is 7. The van der Waals surface area contributed by atoms with Crippen molar-refractivity contribution in [1.82, 2.24) is 15.6 Å². The number of hydrogen-bond acceptors (Lipinski definition) is 3. The minimum atomic E-state index is -0.398. The van der Waals surface area contributed by atoms with Crippen LogP contribution in [-0.4, -0.2) is 23.9 Å². The van der Waals surface area contributed by atoms with Gasteiger partial charge in [-0.15, -0.1) is 0 Å². The van der Waals surface area contributed by atoms with Crippen LogP contribution in [0, 0.1) is 0 Å². The van der Waals surface area contributed by atoms with Gasteiger partial charge in [-0.1, -0.05) is 54.6 Å². The maximum atomic E-state index is 13.1. The number of carbonyl (C=O) groups is 2. The Morgan fingerprint density at radius 1 is 0.938 bits per heavy atom. The average Bonchev–Trinajstić information content (AvgIpc) is 3.25. The van der Waals surface area contributed by atoms with Crippen LogP contribution in [-0.2, 0) is 11.3 Å². The highest BCUT2D eigenvalue weighted by molar-refractivity contribution is 6.06. The third-order valence-corrected chi connectivity index (χ3v) is 5.08. The minimum Gasteiger partial charge on any atom is -0.496 e. The van der Waals surface area contributed by atoms with E-state index in [1.807, 2.05) is 60.8 Å². The van der Waals surface area contributed by atoms with E-state index in [9.17, 15) is 9.59 Å². The first kappa shape index (κ1) is 20.9. The number of H-pyrrole nitrogens is 1. The van der Waals surface area contributed by atoms with Crippen LogP contribution in [0.2, 0.25) is 0 Å². The molecule has 2 amide bonds. The molecular weight excluding hydrogens is 402 g/mol. The van der Waals surface area contributed by atoms with Gasteiger partial charge in [-0.2, -0.15) is 0 Å². The van der Waals surface area contributed by atoms with Crippen LogP contribution in [0.4, 0.5) is 0 Å². The largest absolute Gasteiger partial charge is 0.496 e. The number of hydrogen-bond donors (Lipinski definition) is 3. The molecule has 1 aromatic heterocycles. The Labute approximate surface area is 185 Å². The summed E-state index contributed by atoms with van der Waals surface area (Å²) in [5.41, 5.74) is 3.20. The van der Waals surface area contributed by atoms with Crippen molar-refractivity contribution in [3.05, 3.63) is 107 Å². The fraction of sp³-hybridized carbons (Fsp3) is 0.0769. The zero-order valence-corrected chi connectivity index (χ0v) is 17.6. The standard InChI is InChI=1S/C26H23N3O3/c1-32-24-14-8-5-11-19(24)16-28-26(31)23(29-25(30)18-9-3-2-4-10-18)15-20-17-27-22-13-7-6-12-21(20)22/h2-15,17,27H,16H2,1H3,(H,28,31)(H,29,30)/b23-15-. The quantitative estimate of drug-likeness (QED) is 0.387. The van der Waals surface area contributed by atoms with Gasteiger partial charge in [-0.25, -0.2) is 0 Å². The van der Waals surface area contributed by atoms with Crippen LogP contribution in [0.15, 0.2) is 90.8 Å². The van der Waals surface area contributed by atoms with Crippen molar-refractivity contribution in [1.29, 1.82) is 0 Å². The maximum absolute atomic E-state index is 13.1. The summed E-state index contributed by atoms with van der Waals surface area (Å²) >= 11 is 0. The Balaban J connectivity index is 1.62. The summed E-state index contributed by atoms with van der Waals surface area (Å²) in [7, 11) is 1.59. The minimum absolute atomic E-state index is 0.151. The summed E-state index contributed by atoms with van der Waals surface area (Å²) in [6.07, 6.45) is 3.49. The second kappa shape index (κ2) is 9.66. The molecule has 0 fully saturated rings. The fourth-order valence-electron chi connectivity index (χ4n) is 3.43. The van der Waals surface area contributed by atoms with Gasteiger partial charge in [-0.05, 0) is 30.3 Å². The highest BCUT2D eigenvalue weighted by Gasteiger charge is 2.16. The lowest BCUT2D eigenvalue weighted by molar-refractivity contribution is -0.117. The molecule has 1 heterocycles. The smallest absolute Gasteiger partial charge is 0.268 e. The van der Waals surface area contributed by atoms with Gasteiger partial charge in [0.05, 0.1) is 7.11 Å². The summed E-state index contributed by atoms with van der Waals surface area (Å²) in [5.74, 6) is -0.0714. The summed E-state index contributed by atoms with van der Waals surface area (Å²) < 4.78 is 5.35. The van der Waals surface area contributed by atoms with Crippen molar-refractivity contribution in [2.45, 2.75) is 6.54 Å². The van der Waals surface area contributed by atoms with Crippen molar-refractivity contribution >= 4 is 28.8 Å². The van der Waals surface area contributed by atoms with Crippen LogP contribution in [0.25, 0.3) is 17.0 Å². The summed E-state index contributed by atoms with van der Waals surface area (Å²) in [6.45, 7) is 0.259. The van der Waals surface area contributed by atoms with Crippen molar-refractivity contribution < 1.29 is 14.3 Å². The molecule has 6 nitrogen and oxygen atoms in total. The summed E-state index contributed by atoms with van der Waals surface area (Å²) in [6, 6.07) is 24.0. The van der Waals surface area contributed by atoms with Crippen LogP contribution in [0.5, 0.6) is 5.75 Å². The molecular formula is C26H23N3O3. The van der Waals surface area contributed by atoms with Crippen LogP contribution in [0.3, 0.4) is 0 Å². The Morgan fingerprint density at radius 3 is 2.47 bits per heavy atom. The molecule has 0 saturated carbocycles. The van der Waals surface area contributed by atoms with E-state index in [2.05, 4.69) is 15.6 Å². The van der Waals surface area contributed by atoms with Gasteiger partial charge >= 0.3 is 0 Å². The summed E-state index contributed by atoms with van der Waals surface area (Å²) in [4.78, 5) is 29.1. The van der Waals surface area contributed by atoms with Gasteiger partial charge < -0.3 is 20.4 Å². The third-order valence-electron chi connectivity index (χ3n) is 5.08. The SMILES string of the molecule is COc1ccccc1CNC(=O)/C(=C/c1c[nH]c2ccccc12)NC(=O)c1ccccc1. The molecule has 0 unspecified atom stereocenters. The molecule has 0 bridgehead atoms. The molecule has 6 heteroatoms. The monoisotopic (exact) mass is 425 g/mol. The van der Waals surface area contributed by atoms with E-state index in [-0.39, 0.29) is 18.1 Å². The van der Waals surface area contributed by atoms with Gasteiger partial charge in [-0.3, -0.25) is 9.59 Å². The van der Waals surface area contributed by atoms with Crippen molar-refractivity contribution in [2.24, 2.45) is 0 Å². The number of methoxy groups -OCH3 is 1. The summed E-state index contributed by atoms with van der Waals surface area (Å²) in [5, 5.41) is 6.60. The Hall–Kier alpha value is -4.32. The number of benzene rings is 3. The molecule has 3 N–H and O–H groups in total. The lowest BCUT2D eigenvalue weighted by atomic mass is 10.1. The predicted molar refractivity (Wildman–Crippen MR) is 125 cm³/mol.